The summed E-state index contributed by atoms with van der Waals surface area (Å²) in [4.78, 5) is 51.8. The third-order valence-electron chi connectivity index (χ3n) is 5.70. The Bertz CT molecular complexity index is 1040. The highest BCUT2D eigenvalue weighted by Crippen LogP contribution is 2.31. The van der Waals surface area contributed by atoms with Crippen LogP contribution in [0.2, 0.25) is 0 Å². The Morgan fingerprint density at radius 1 is 0.967 bits per heavy atom. The van der Waals surface area contributed by atoms with Gasteiger partial charge in [0.1, 0.15) is 0 Å². The highest BCUT2D eigenvalue weighted by Gasteiger charge is 2.40. The molecule has 0 spiro atoms. The predicted octanol–water partition coefficient (Wildman–Crippen LogP) is 3.65. The Hall–Kier alpha value is -3.48. The zero-order valence-corrected chi connectivity index (χ0v) is 16.6. The van der Waals surface area contributed by atoms with Crippen molar-refractivity contribution in [1.82, 2.24) is 4.90 Å². The molecule has 2 aliphatic rings. The maximum Gasteiger partial charge on any atom is 0.339 e. The first kappa shape index (κ1) is 19.8. The van der Waals surface area contributed by atoms with E-state index < -0.39 is 11.9 Å². The van der Waals surface area contributed by atoms with Crippen LogP contribution >= 0.6 is 0 Å². The summed E-state index contributed by atoms with van der Waals surface area (Å²) in [5.74, 6) is -1.68. The van der Waals surface area contributed by atoms with E-state index in [1.807, 2.05) is 0 Å². The van der Waals surface area contributed by atoms with Crippen molar-refractivity contribution < 1.29 is 23.9 Å². The van der Waals surface area contributed by atoms with E-state index in [4.69, 9.17) is 4.74 Å². The summed E-state index contributed by atoms with van der Waals surface area (Å²) in [6.07, 6.45) is 4.78. The fourth-order valence-electron chi connectivity index (χ4n) is 4.15. The van der Waals surface area contributed by atoms with Gasteiger partial charge in [0.15, 0.2) is 0 Å². The molecule has 1 fully saturated rings. The Balaban J connectivity index is 1.58. The third-order valence-corrected chi connectivity index (χ3v) is 5.70. The van der Waals surface area contributed by atoms with Gasteiger partial charge in [0.2, 0.25) is 0 Å². The van der Waals surface area contributed by atoms with Crippen molar-refractivity contribution in [3.63, 3.8) is 0 Å². The summed E-state index contributed by atoms with van der Waals surface area (Å²) in [6, 6.07) is 10.9. The predicted molar refractivity (Wildman–Crippen MR) is 110 cm³/mol. The van der Waals surface area contributed by atoms with E-state index in [1.165, 1.54) is 30.2 Å². The van der Waals surface area contributed by atoms with E-state index in [0.29, 0.717) is 11.3 Å². The lowest BCUT2D eigenvalue weighted by Gasteiger charge is -2.29. The van der Waals surface area contributed by atoms with Gasteiger partial charge in [0.25, 0.3) is 17.7 Å². The van der Waals surface area contributed by atoms with Gasteiger partial charge in [0.05, 0.1) is 29.5 Å². The molecule has 2 aromatic rings. The zero-order chi connectivity index (χ0) is 21.3. The molecule has 3 amide bonds. The number of nitrogens with one attached hydrogen (secondary N) is 1. The van der Waals surface area contributed by atoms with Crippen LogP contribution in [0.5, 0.6) is 0 Å². The van der Waals surface area contributed by atoms with Crippen LogP contribution in [0.3, 0.4) is 0 Å². The summed E-state index contributed by atoms with van der Waals surface area (Å²) in [5, 5.41) is 2.68. The molecule has 30 heavy (non-hydrogen) atoms. The summed E-state index contributed by atoms with van der Waals surface area (Å²) in [5.41, 5.74) is 1.35. The first-order chi connectivity index (χ1) is 14.5. The monoisotopic (exact) mass is 406 g/mol. The molecule has 7 nitrogen and oxygen atoms in total. The van der Waals surface area contributed by atoms with Crippen LogP contribution in [0.15, 0.2) is 42.5 Å². The second-order valence-corrected chi connectivity index (χ2v) is 7.52. The van der Waals surface area contributed by atoms with E-state index >= 15 is 0 Å². The van der Waals surface area contributed by atoms with E-state index in [-0.39, 0.29) is 34.5 Å². The van der Waals surface area contributed by atoms with E-state index in [0.717, 1.165) is 32.1 Å². The number of anilines is 1. The molecule has 0 saturated heterocycles. The number of fused-ring (bicyclic) bond motifs is 1. The lowest BCUT2D eigenvalue weighted by molar-refractivity contribution is 0.0546. The van der Waals surface area contributed by atoms with Gasteiger partial charge in [-0.1, -0.05) is 31.4 Å². The van der Waals surface area contributed by atoms with Gasteiger partial charge < -0.3 is 10.1 Å². The fourth-order valence-corrected chi connectivity index (χ4v) is 4.15. The van der Waals surface area contributed by atoms with Crippen molar-refractivity contribution in [1.29, 1.82) is 0 Å². The number of para-hydroxylation sites is 1. The molecular formula is C23H22N2O5. The topological polar surface area (TPSA) is 92.8 Å². The molecule has 1 N–H and O–H groups in total. The second kappa shape index (κ2) is 8.10. The first-order valence-corrected chi connectivity index (χ1v) is 10.0. The smallest absolute Gasteiger partial charge is 0.339 e. The molecule has 1 aliphatic heterocycles. The number of hydrogen-bond acceptors (Lipinski definition) is 5. The Morgan fingerprint density at radius 3 is 2.40 bits per heavy atom. The number of rotatable bonds is 4. The van der Waals surface area contributed by atoms with Crippen LogP contribution in [0.25, 0.3) is 0 Å². The number of carbonyl (C=O) groups excluding carboxylic acids is 4. The Morgan fingerprint density at radius 2 is 1.67 bits per heavy atom. The molecule has 154 valence electrons. The fraction of sp³-hybridized carbons (Fsp3) is 0.304. The van der Waals surface area contributed by atoms with Gasteiger partial charge in [0, 0.05) is 11.6 Å². The number of benzene rings is 2. The van der Waals surface area contributed by atoms with Crippen molar-refractivity contribution in [3.05, 3.63) is 64.7 Å². The quantitative estimate of drug-likeness (QED) is 0.618. The lowest BCUT2D eigenvalue weighted by Crippen LogP contribution is -2.40. The average Bonchev–Trinajstić information content (AvgIpc) is 3.03. The molecule has 0 atom stereocenters. The standard InChI is InChI=1S/C23H22N2O5/c1-30-23(29)17-9-5-6-10-19(17)24-20(26)14-11-12-16-18(13-14)22(28)25(21(16)27)15-7-3-2-4-8-15/h5-6,9-13,15H,2-4,7-8H2,1H3,(H,24,26). The van der Waals surface area contributed by atoms with Crippen LogP contribution in [0.4, 0.5) is 5.69 Å². The Labute approximate surface area is 174 Å². The first-order valence-electron chi connectivity index (χ1n) is 10.0. The molecule has 1 heterocycles. The van der Waals surface area contributed by atoms with Gasteiger partial charge in [-0.15, -0.1) is 0 Å². The minimum Gasteiger partial charge on any atom is -0.465 e. The van der Waals surface area contributed by atoms with Crippen LogP contribution in [0, 0.1) is 0 Å². The number of carbonyl (C=O) groups is 4. The molecular weight excluding hydrogens is 384 g/mol. The molecule has 1 saturated carbocycles. The number of ether oxygens (including phenoxy) is 1. The normalized spacial score (nSPS) is 16.4. The number of methoxy groups -OCH3 is 1. The van der Waals surface area contributed by atoms with Crippen LogP contribution < -0.4 is 5.32 Å². The average molecular weight is 406 g/mol. The Kier molecular flexibility index (Phi) is 5.35. The second-order valence-electron chi connectivity index (χ2n) is 7.52. The van der Waals surface area contributed by atoms with Gasteiger partial charge >= 0.3 is 5.97 Å². The van der Waals surface area contributed by atoms with Crippen molar-refractivity contribution in [3.8, 4) is 0 Å². The van der Waals surface area contributed by atoms with Gasteiger partial charge in [-0.05, 0) is 43.2 Å². The molecule has 0 unspecified atom stereocenters. The largest absolute Gasteiger partial charge is 0.465 e. The molecule has 2 aromatic carbocycles. The van der Waals surface area contributed by atoms with Gasteiger partial charge in [-0.2, -0.15) is 0 Å². The van der Waals surface area contributed by atoms with Crippen molar-refractivity contribution in [2.24, 2.45) is 0 Å². The molecule has 0 bridgehead atoms. The number of imide groups is 1. The van der Waals surface area contributed by atoms with E-state index in [2.05, 4.69) is 5.32 Å². The third kappa shape index (κ3) is 3.47. The maximum absolute atomic E-state index is 12.9. The van der Waals surface area contributed by atoms with Crippen LogP contribution in [-0.4, -0.2) is 41.7 Å². The van der Waals surface area contributed by atoms with Crippen molar-refractivity contribution >= 4 is 29.4 Å². The van der Waals surface area contributed by atoms with Crippen molar-refractivity contribution in [2.75, 3.05) is 12.4 Å². The molecule has 7 heteroatoms. The zero-order valence-electron chi connectivity index (χ0n) is 16.6. The van der Waals surface area contributed by atoms with Crippen LogP contribution in [-0.2, 0) is 4.74 Å². The molecule has 4 rings (SSSR count). The van der Waals surface area contributed by atoms with E-state index in [9.17, 15) is 19.2 Å². The molecule has 0 aromatic heterocycles. The summed E-state index contributed by atoms with van der Waals surface area (Å²) < 4.78 is 4.74. The summed E-state index contributed by atoms with van der Waals surface area (Å²) in [6.45, 7) is 0. The maximum atomic E-state index is 12.9. The highest BCUT2D eigenvalue weighted by molar-refractivity contribution is 6.22. The number of nitrogens with zero attached hydrogens (tertiary/aromatic N) is 1. The highest BCUT2D eigenvalue weighted by atomic mass is 16.5. The minimum absolute atomic E-state index is 0.0737. The van der Waals surface area contributed by atoms with Crippen molar-refractivity contribution in [2.45, 2.75) is 38.1 Å². The minimum atomic E-state index is -0.566. The summed E-state index contributed by atoms with van der Waals surface area (Å²) >= 11 is 0. The van der Waals surface area contributed by atoms with Gasteiger partial charge in [-0.3, -0.25) is 19.3 Å². The molecule has 1 aliphatic carbocycles. The SMILES string of the molecule is COC(=O)c1ccccc1NC(=O)c1ccc2c(c1)C(=O)N(C1CCCCC1)C2=O. The summed E-state index contributed by atoms with van der Waals surface area (Å²) in [7, 11) is 1.27. The van der Waals surface area contributed by atoms with Crippen LogP contribution in [0.1, 0.15) is 73.5 Å². The number of esters is 1. The lowest BCUT2D eigenvalue weighted by atomic mass is 9.94. The molecule has 0 radical (unpaired) electrons. The van der Waals surface area contributed by atoms with Gasteiger partial charge in [-0.25, -0.2) is 4.79 Å². The number of amides is 3. The van der Waals surface area contributed by atoms with E-state index in [1.54, 1.807) is 24.3 Å². The number of hydrogen-bond donors (Lipinski definition) is 1.